The molecule has 3 rings (SSSR count). The molecule has 1 heterocycles. The molecule has 8 nitrogen and oxygen atoms in total. The number of carbonyl (C=O) groups is 1. The van der Waals surface area contributed by atoms with Crippen LogP contribution < -0.4 is 4.74 Å². The maximum Gasteiger partial charge on any atom is 0.328 e. The summed E-state index contributed by atoms with van der Waals surface area (Å²) in [4.78, 5) is 27.0. The second kappa shape index (κ2) is 12.6. The first-order valence-electron chi connectivity index (χ1n) is 10.9. The van der Waals surface area contributed by atoms with Crippen LogP contribution in [0.4, 0.5) is 0 Å². The SMILES string of the molecule is CCCCCC(=O)ON(CC)OCc1ccc(OCc2nc(-c3ccccc3)no2)cc1. The summed E-state index contributed by atoms with van der Waals surface area (Å²) in [6, 6.07) is 17.1. The van der Waals surface area contributed by atoms with Gasteiger partial charge in [0.25, 0.3) is 5.89 Å². The Kier molecular flexibility index (Phi) is 9.21. The fourth-order valence-electron chi connectivity index (χ4n) is 2.85. The summed E-state index contributed by atoms with van der Waals surface area (Å²) in [5.74, 6) is 1.32. The molecule has 0 aliphatic carbocycles. The van der Waals surface area contributed by atoms with Crippen LogP contribution in [-0.2, 0) is 27.7 Å². The molecule has 0 saturated carbocycles. The van der Waals surface area contributed by atoms with Gasteiger partial charge >= 0.3 is 5.97 Å². The number of benzene rings is 2. The fraction of sp³-hybridized carbons (Fsp3) is 0.375. The second-order valence-electron chi connectivity index (χ2n) is 7.15. The molecule has 0 atom stereocenters. The minimum Gasteiger partial charge on any atom is -0.484 e. The van der Waals surface area contributed by atoms with E-state index in [0.29, 0.717) is 30.4 Å². The first kappa shape index (κ1) is 23.4. The minimum atomic E-state index is -0.277. The largest absolute Gasteiger partial charge is 0.484 e. The maximum absolute atomic E-state index is 11.8. The quantitative estimate of drug-likeness (QED) is 0.268. The number of nitrogens with zero attached hydrogens (tertiary/aromatic N) is 3. The maximum atomic E-state index is 11.8. The van der Waals surface area contributed by atoms with Gasteiger partial charge in [0.1, 0.15) is 5.75 Å². The van der Waals surface area contributed by atoms with E-state index in [0.717, 1.165) is 30.4 Å². The Morgan fingerprint density at radius 3 is 2.50 bits per heavy atom. The molecule has 170 valence electrons. The zero-order chi connectivity index (χ0) is 22.6. The molecule has 0 radical (unpaired) electrons. The van der Waals surface area contributed by atoms with Crippen LogP contribution in [0.3, 0.4) is 0 Å². The number of ether oxygens (including phenoxy) is 1. The van der Waals surface area contributed by atoms with E-state index < -0.39 is 0 Å². The van der Waals surface area contributed by atoms with Crippen LogP contribution in [0.15, 0.2) is 59.1 Å². The highest BCUT2D eigenvalue weighted by molar-refractivity contribution is 5.68. The molecule has 1 aromatic heterocycles. The van der Waals surface area contributed by atoms with Crippen molar-refractivity contribution in [1.29, 1.82) is 0 Å². The Balaban J connectivity index is 1.43. The van der Waals surface area contributed by atoms with E-state index in [9.17, 15) is 4.79 Å². The minimum absolute atomic E-state index is 0.174. The summed E-state index contributed by atoms with van der Waals surface area (Å²) in [6.07, 6.45) is 3.29. The van der Waals surface area contributed by atoms with E-state index in [-0.39, 0.29) is 19.2 Å². The topological polar surface area (TPSA) is 86.9 Å². The third kappa shape index (κ3) is 7.47. The summed E-state index contributed by atoms with van der Waals surface area (Å²) in [5.41, 5.74) is 1.81. The van der Waals surface area contributed by atoms with Crippen molar-refractivity contribution in [3.63, 3.8) is 0 Å². The average Bonchev–Trinajstić information content (AvgIpc) is 3.31. The lowest BCUT2D eigenvalue weighted by atomic mass is 10.2. The first-order valence-corrected chi connectivity index (χ1v) is 10.9. The fourth-order valence-corrected chi connectivity index (χ4v) is 2.85. The van der Waals surface area contributed by atoms with Gasteiger partial charge in [0.05, 0.1) is 13.2 Å². The molecule has 0 fully saturated rings. The predicted molar refractivity (Wildman–Crippen MR) is 118 cm³/mol. The monoisotopic (exact) mass is 439 g/mol. The molecule has 0 saturated heterocycles. The Hall–Kier alpha value is -3.23. The average molecular weight is 440 g/mol. The van der Waals surface area contributed by atoms with Gasteiger partial charge in [0.2, 0.25) is 5.82 Å². The zero-order valence-corrected chi connectivity index (χ0v) is 18.5. The van der Waals surface area contributed by atoms with E-state index in [1.54, 1.807) is 0 Å². The molecule has 32 heavy (non-hydrogen) atoms. The molecule has 0 unspecified atom stereocenters. The van der Waals surface area contributed by atoms with E-state index in [4.69, 9.17) is 18.9 Å². The number of hydroxylamine groups is 2. The zero-order valence-electron chi connectivity index (χ0n) is 18.5. The van der Waals surface area contributed by atoms with E-state index in [1.165, 1.54) is 5.23 Å². The van der Waals surface area contributed by atoms with Crippen molar-refractivity contribution in [1.82, 2.24) is 15.4 Å². The van der Waals surface area contributed by atoms with Gasteiger partial charge in [-0.05, 0) is 36.3 Å². The van der Waals surface area contributed by atoms with Gasteiger partial charge in [-0.15, -0.1) is 0 Å². The van der Waals surface area contributed by atoms with Gasteiger partial charge in [0, 0.05) is 12.0 Å². The van der Waals surface area contributed by atoms with Gasteiger partial charge in [-0.25, -0.2) is 0 Å². The molecule has 2 aromatic carbocycles. The van der Waals surface area contributed by atoms with Crippen LogP contribution in [0, 0.1) is 0 Å². The van der Waals surface area contributed by atoms with Crippen molar-refractivity contribution in [2.45, 2.75) is 52.7 Å². The third-order valence-electron chi connectivity index (χ3n) is 4.61. The number of carbonyl (C=O) groups excluding carboxylic acids is 1. The molecule has 0 N–H and O–H groups in total. The van der Waals surface area contributed by atoms with E-state index >= 15 is 0 Å². The molecule has 0 bridgehead atoms. The Morgan fingerprint density at radius 1 is 1.00 bits per heavy atom. The molecule has 0 aliphatic heterocycles. The second-order valence-corrected chi connectivity index (χ2v) is 7.15. The highest BCUT2D eigenvalue weighted by Gasteiger charge is 2.12. The molecule has 0 amide bonds. The molecular formula is C24H29N3O5. The van der Waals surface area contributed by atoms with Gasteiger partial charge in [-0.2, -0.15) is 4.98 Å². The van der Waals surface area contributed by atoms with Crippen molar-refractivity contribution in [3.8, 4) is 17.1 Å². The van der Waals surface area contributed by atoms with E-state index in [1.807, 2.05) is 61.5 Å². The van der Waals surface area contributed by atoms with Crippen LogP contribution in [0.5, 0.6) is 5.75 Å². The van der Waals surface area contributed by atoms with Crippen LogP contribution >= 0.6 is 0 Å². The lowest BCUT2D eigenvalue weighted by Crippen LogP contribution is -2.27. The molecule has 8 heteroatoms. The number of unbranched alkanes of at least 4 members (excludes halogenated alkanes) is 2. The molecule has 3 aromatic rings. The molecular weight excluding hydrogens is 410 g/mol. The number of hydrogen-bond acceptors (Lipinski definition) is 8. The van der Waals surface area contributed by atoms with Gasteiger partial charge in [0.15, 0.2) is 6.61 Å². The van der Waals surface area contributed by atoms with Gasteiger partial charge in [-0.1, -0.05) is 67.4 Å². The van der Waals surface area contributed by atoms with Crippen molar-refractivity contribution in [2.24, 2.45) is 0 Å². The first-order chi connectivity index (χ1) is 15.7. The van der Waals surface area contributed by atoms with Gasteiger partial charge in [-0.3, -0.25) is 9.63 Å². The van der Waals surface area contributed by atoms with Crippen LogP contribution in [0.1, 0.15) is 51.0 Å². The predicted octanol–water partition coefficient (Wildman–Crippen LogP) is 5.11. The lowest BCUT2D eigenvalue weighted by Gasteiger charge is -2.18. The Morgan fingerprint density at radius 2 is 1.78 bits per heavy atom. The Labute approximate surface area is 188 Å². The van der Waals surface area contributed by atoms with Crippen LogP contribution in [0.2, 0.25) is 0 Å². The third-order valence-corrected chi connectivity index (χ3v) is 4.61. The summed E-state index contributed by atoms with van der Waals surface area (Å²) in [6.45, 7) is 4.84. The summed E-state index contributed by atoms with van der Waals surface area (Å²) >= 11 is 0. The number of aromatic nitrogens is 2. The number of hydrogen-bond donors (Lipinski definition) is 0. The summed E-state index contributed by atoms with van der Waals surface area (Å²) in [5, 5.41) is 5.20. The molecule has 0 spiro atoms. The highest BCUT2D eigenvalue weighted by atomic mass is 17.0. The summed E-state index contributed by atoms with van der Waals surface area (Å²) < 4.78 is 11.0. The standard InChI is InChI=1S/C24H29N3O5/c1-3-5-7-12-23(28)32-27(4-2)30-17-19-13-15-21(16-14-19)29-18-22-25-24(26-31-22)20-10-8-6-9-11-20/h6,8-11,13-16H,3-5,7,12,17-18H2,1-2H3. The van der Waals surface area contributed by atoms with Crippen molar-refractivity contribution in [2.75, 3.05) is 6.54 Å². The normalized spacial score (nSPS) is 11.0. The lowest BCUT2D eigenvalue weighted by molar-refractivity contribution is -0.349. The van der Waals surface area contributed by atoms with Crippen molar-refractivity contribution in [3.05, 3.63) is 66.1 Å². The molecule has 0 aliphatic rings. The van der Waals surface area contributed by atoms with Crippen LogP contribution in [-0.4, -0.2) is 27.9 Å². The van der Waals surface area contributed by atoms with E-state index in [2.05, 4.69) is 17.1 Å². The highest BCUT2D eigenvalue weighted by Crippen LogP contribution is 2.18. The Bertz CT molecular complexity index is 944. The van der Waals surface area contributed by atoms with Crippen molar-refractivity contribution < 1.29 is 23.7 Å². The summed E-state index contributed by atoms with van der Waals surface area (Å²) in [7, 11) is 0. The van der Waals surface area contributed by atoms with Crippen molar-refractivity contribution >= 4 is 5.97 Å². The smallest absolute Gasteiger partial charge is 0.328 e. The van der Waals surface area contributed by atoms with Crippen LogP contribution in [0.25, 0.3) is 11.4 Å². The number of rotatable bonds is 13. The van der Waals surface area contributed by atoms with Gasteiger partial charge < -0.3 is 14.1 Å².